The number of likely N-dealkylation sites (N-methyl/N-ethyl adjacent to an activating group) is 1. The van der Waals surface area contributed by atoms with Gasteiger partial charge in [-0.2, -0.15) is 0 Å². The van der Waals surface area contributed by atoms with Crippen LogP contribution in [0.1, 0.15) is 44.7 Å². The van der Waals surface area contributed by atoms with Gasteiger partial charge in [-0.3, -0.25) is 19.3 Å². The van der Waals surface area contributed by atoms with Gasteiger partial charge in [-0.15, -0.1) is 0 Å². The minimum atomic E-state index is -1.19. The zero-order chi connectivity index (χ0) is 29.4. The molecule has 4 N–H and O–H groups in total. The van der Waals surface area contributed by atoms with Crippen molar-refractivity contribution < 1.29 is 23.2 Å². The van der Waals surface area contributed by atoms with E-state index < -0.39 is 23.5 Å². The van der Waals surface area contributed by atoms with Crippen LogP contribution in [0.2, 0.25) is 0 Å². The number of carbonyl (C=O) groups is 3. The van der Waals surface area contributed by atoms with E-state index in [0.29, 0.717) is 43.6 Å². The van der Waals surface area contributed by atoms with Crippen molar-refractivity contribution in [2.75, 3.05) is 26.7 Å². The van der Waals surface area contributed by atoms with E-state index in [0.717, 1.165) is 6.42 Å². The SMILES string of the molecule is CCCC1CN(C(Cc2cccc(F)c2)C(=O)NC)CCN1C(=O)C(Cc1ccc(F)cc1)NC(=O)C(C)(C)N. The van der Waals surface area contributed by atoms with E-state index in [1.165, 1.54) is 24.3 Å². The van der Waals surface area contributed by atoms with Gasteiger partial charge in [0.2, 0.25) is 17.7 Å². The monoisotopic (exact) mass is 557 g/mol. The molecule has 1 aliphatic heterocycles. The number of halogens is 2. The molecule has 0 aliphatic carbocycles. The molecule has 2 aromatic rings. The third kappa shape index (κ3) is 8.32. The van der Waals surface area contributed by atoms with Crippen molar-refractivity contribution in [2.24, 2.45) is 5.73 Å². The fourth-order valence-corrected chi connectivity index (χ4v) is 5.07. The van der Waals surface area contributed by atoms with Crippen LogP contribution in [0, 0.1) is 11.6 Å². The summed E-state index contributed by atoms with van der Waals surface area (Å²) in [7, 11) is 1.58. The van der Waals surface area contributed by atoms with Crippen LogP contribution in [0.15, 0.2) is 48.5 Å². The van der Waals surface area contributed by atoms with Crippen LogP contribution in [-0.2, 0) is 27.2 Å². The van der Waals surface area contributed by atoms with Gasteiger partial charge in [-0.25, -0.2) is 8.78 Å². The Morgan fingerprint density at radius 2 is 1.73 bits per heavy atom. The Morgan fingerprint density at radius 3 is 2.33 bits per heavy atom. The number of benzene rings is 2. The molecule has 3 amide bonds. The maximum atomic E-state index is 14.0. The van der Waals surface area contributed by atoms with Crippen molar-refractivity contribution in [2.45, 2.75) is 70.1 Å². The van der Waals surface area contributed by atoms with E-state index in [1.807, 2.05) is 11.8 Å². The Bertz CT molecular complexity index is 1170. The van der Waals surface area contributed by atoms with Crippen LogP contribution >= 0.6 is 0 Å². The average Bonchev–Trinajstić information content (AvgIpc) is 2.91. The Kier molecular flexibility index (Phi) is 10.8. The average molecular weight is 558 g/mol. The van der Waals surface area contributed by atoms with Crippen molar-refractivity contribution in [1.82, 2.24) is 20.4 Å². The van der Waals surface area contributed by atoms with Gasteiger partial charge in [0.1, 0.15) is 17.7 Å². The summed E-state index contributed by atoms with van der Waals surface area (Å²) in [6, 6.07) is 10.4. The summed E-state index contributed by atoms with van der Waals surface area (Å²) in [4.78, 5) is 43.5. The molecule has 1 fully saturated rings. The molecule has 2 aromatic carbocycles. The van der Waals surface area contributed by atoms with Crippen LogP contribution in [-0.4, -0.2) is 77.9 Å². The van der Waals surface area contributed by atoms with Crippen LogP contribution in [0.3, 0.4) is 0 Å². The second-order valence-corrected chi connectivity index (χ2v) is 11.0. The lowest BCUT2D eigenvalue weighted by Gasteiger charge is -2.45. The van der Waals surface area contributed by atoms with Crippen molar-refractivity contribution in [3.8, 4) is 0 Å². The fraction of sp³-hybridized carbons (Fsp3) is 0.500. The summed E-state index contributed by atoms with van der Waals surface area (Å²) in [6.45, 7) is 6.39. The van der Waals surface area contributed by atoms with Crippen molar-refractivity contribution in [3.05, 3.63) is 71.3 Å². The molecule has 1 saturated heterocycles. The van der Waals surface area contributed by atoms with Crippen molar-refractivity contribution >= 4 is 17.7 Å². The summed E-state index contributed by atoms with van der Waals surface area (Å²) in [5, 5.41) is 5.54. The second-order valence-electron chi connectivity index (χ2n) is 11.0. The minimum absolute atomic E-state index is 0.175. The van der Waals surface area contributed by atoms with Crippen LogP contribution in [0.4, 0.5) is 8.78 Å². The van der Waals surface area contributed by atoms with Gasteiger partial charge in [0, 0.05) is 39.1 Å². The highest BCUT2D eigenvalue weighted by atomic mass is 19.1. The summed E-state index contributed by atoms with van der Waals surface area (Å²) in [5.74, 6) is -1.63. The van der Waals surface area contributed by atoms with Crippen LogP contribution in [0.25, 0.3) is 0 Å². The molecule has 0 spiro atoms. The first-order valence-corrected chi connectivity index (χ1v) is 13.8. The molecule has 0 saturated carbocycles. The topological polar surface area (TPSA) is 108 Å². The molecule has 218 valence electrons. The highest BCUT2D eigenvalue weighted by molar-refractivity contribution is 5.92. The van der Waals surface area contributed by atoms with E-state index in [9.17, 15) is 23.2 Å². The smallest absolute Gasteiger partial charge is 0.245 e. The molecule has 40 heavy (non-hydrogen) atoms. The fourth-order valence-electron chi connectivity index (χ4n) is 5.07. The summed E-state index contributed by atoms with van der Waals surface area (Å²) in [5.41, 5.74) is 6.23. The largest absolute Gasteiger partial charge is 0.358 e. The van der Waals surface area contributed by atoms with Crippen molar-refractivity contribution in [1.29, 1.82) is 0 Å². The van der Waals surface area contributed by atoms with Gasteiger partial charge >= 0.3 is 0 Å². The number of nitrogens with one attached hydrogen (secondary N) is 2. The lowest BCUT2D eigenvalue weighted by molar-refractivity contribution is -0.143. The molecule has 0 aromatic heterocycles. The first kappa shape index (κ1) is 31.2. The van der Waals surface area contributed by atoms with Gasteiger partial charge in [0.05, 0.1) is 11.6 Å². The number of amides is 3. The van der Waals surface area contributed by atoms with Gasteiger partial charge in [-0.05, 0) is 62.1 Å². The second kappa shape index (κ2) is 13.8. The van der Waals surface area contributed by atoms with E-state index >= 15 is 0 Å². The molecule has 10 heteroatoms. The number of nitrogens with zero attached hydrogens (tertiary/aromatic N) is 2. The molecule has 3 atom stereocenters. The Morgan fingerprint density at radius 1 is 1.02 bits per heavy atom. The molecule has 0 bridgehead atoms. The van der Waals surface area contributed by atoms with E-state index in [1.54, 1.807) is 50.1 Å². The third-order valence-corrected chi connectivity index (χ3v) is 7.27. The summed E-state index contributed by atoms with van der Waals surface area (Å²) < 4.78 is 27.4. The molecule has 1 heterocycles. The number of nitrogens with two attached hydrogens (primary N) is 1. The van der Waals surface area contributed by atoms with Crippen molar-refractivity contribution in [3.63, 3.8) is 0 Å². The lowest BCUT2D eigenvalue weighted by Crippen LogP contribution is -2.64. The van der Waals surface area contributed by atoms with Crippen LogP contribution in [0.5, 0.6) is 0 Å². The molecule has 0 radical (unpaired) electrons. The number of rotatable bonds is 11. The highest BCUT2D eigenvalue weighted by Gasteiger charge is 2.38. The molecule has 8 nitrogen and oxygen atoms in total. The molecule has 3 unspecified atom stereocenters. The van der Waals surface area contributed by atoms with Gasteiger partial charge in [0.15, 0.2) is 0 Å². The first-order valence-electron chi connectivity index (χ1n) is 13.8. The van der Waals surface area contributed by atoms with E-state index in [2.05, 4.69) is 10.6 Å². The lowest BCUT2D eigenvalue weighted by atomic mass is 9.97. The third-order valence-electron chi connectivity index (χ3n) is 7.27. The normalized spacial score (nSPS) is 17.7. The van der Waals surface area contributed by atoms with E-state index in [-0.39, 0.29) is 35.9 Å². The highest BCUT2D eigenvalue weighted by Crippen LogP contribution is 2.21. The first-order chi connectivity index (χ1) is 18.9. The summed E-state index contributed by atoms with van der Waals surface area (Å²) in [6.07, 6.45) is 2.02. The number of piperazine rings is 1. The predicted octanol–water partition coefficient (Wildman–Crippen LogP) is 2.40. The molecule has 1 aliphatic rings. The van der Waals surface area contributed by atoms with Crippen LogP contribution < -0.4 is 16.4 Å². The number of hydrogen-bond donors (Lipinski definition) is 3. The Labute approximate surface area is 235 Å². The molecule has 3 rings (SSSR count). The summed E-state index contributed by atoms with van der Waals surface area (Å²) >= 11 is 0. The minimum Gasteiger partial charge on any atom is -0.358 e. The maximum Gasteiger partial charge on any atom is 0.245 e. The number of hydrogen-bond acceptors (Lipinski definition) is 5. The van der Waals surface area contributed by atoms with Gasteiger partial charge in [-0.1, -0.05) is 37.6 Å². The maximum absolute atomic E-state index is 14.0. The molecular formula is C30H41F2N5O3. The quantitative estimate of drug-likeness (QED) is 0.393. The Balaban J connectivity index is 1.84. The molecular weight excluding hydrogens is 516 g/mol. The predicted molar refractivity (Wildman–Crippen MR) is 150 cm³/mol. The standard InChI is InChI=1S/C30H41F2N5O3/c1-5-7-24-19-36(26(27(38)34-4)18-21-8-6-9-23(32)16-21)14-15-37(24)28(39)25(35-29(40)30(2,3)33)17-20-10-12-22(31)13-11-20/h6,8-13,16,24-26H,5,7,14-15,17-19,33H2,1-4H3,(H,34,38)(H,35,40). The van der Waals surface area contributed by atoms with Gasteiger partial charge in [0.25, 0.3) is 0 Å². The van der Waals surface area contributed by atoms with Gasteiger partial charge < -0.3 is 21.3 Å². The zero-order valence-electron chi connectivity index (χ0n) is 23.8. The van der Waals surface area contributed by atoms with E-state index in [4.69, 9.17) is 5.73 Å². The zero-order valence-corrected chi connectivity index (χ0v) is 23.8. The number of carbonyl (C=O) groups excluding carboxylic acids is 3. The Hall–Kier alpha value is -3.37.